The number of benzene rings is 1. The third-order valence-electron chi connectivity index (χ3n) is 2.32. The first-order chi connectivity index (χ1) is 7.63. The maximum Gasteiger partial charge on any atom is 0.138 e. The van der Waals surface area contributed by atoms with Gasteiger partial charge in [0.15, 0.2) is 0 Å². The fourth-order valence-electron chi connectivity index (χ4n) is 1.23. The number of ketones is 1. The lowest BCUT2D eigenvalue weighted by molar-refractivity contribution is -0.122. The highest BCUT2D eigenvalue weighted by Gasteiger charge is 2.06. The molecule has 1 rings (SSSR count). The zero-order chi connectivity index (χ0) is 12.0. The predicted octanol–water partition coefficient (Wildman–Crippen LogP) is 2.69. The Labute approximate surface area is 96.4 Å². The lowest BCUT2D eigenvalue weighted by Gasteiger charge is -2.07. The van der Waals surface area contributed by atoms with Crippen molar-refractivity contribution in [3.05, 3.63) is 24.3 Å². The largest absolute Gasteiger partial charge is 0.497 e. The summed E-state index contributed by atoms with van der Waals surface area (Å²) in [4.78, 5) is 11.3. The minimum absolute atomic E-state index is 0.0828. The molecule has 0 aliphatic rings. The lowest BCUT2D eigenvalue weighted by Crippen LogP contribution is -2.11. The van der Waals surface area contributed by atoms with E-state index < -0.39 is 0 Å². The van der Waals surface area contributed by atoms with E-state index in [-0.39, 0.29) is 11.7 Å². The molecular weight excluding hydrogens is 204 g/mol. The van der Waals surface area contributed by atoms with Gasteiger partial charge in [-0.15, -0.1) is 0 Å². The van der Waals surface area contributed by atoms with Gasteiger partial charge in [0.25, 0.3) is 0 Å². The van der Waals surface area contributed by atoms with Gasteiger partial charge < -0.3 is 9.47 Å². The molecule has 0 unspecified atom stereocenters. The average Bonchev–Trinajstić information content (AvgIpc) is 2.29. The molecule has 0 saturated carbocycles. The number of carbonyl (C=O) groups is 1. The summed E-state index contributed by atoms with van der Waals surface area (Å²) >= 11 is 0. The quantitative estimate of drug-likeness (QED) is 0.742. The molecule has 0 atom stereocenters. The smallest absolute Gasteiger partial charge is 0.138 e. The summed E-state index contributed by atoms with van der Waals surface area (Å²) in [7, 11) is 1.62. The second kappa shape index (κ2) is 6.16. The molecule has 0 spiro atoms. The summed E-state index contributed by atoms with van der Waals surface area (Å²) in [6.07, 6.45) is 0.462. The molecule has 0 aliphatic carbocycles. The standard InChI is InChI=1S/C13H18O3/c1-10(2)13(14)8-9-16-12-6-4-11(15-3)5-7-12/h4-7,10H,8-9H2,1-3H3. The molecule has 0 aliphatic heterocycles. The molecule has 0 bridgehead atoms. The Kier molecular flexibility index (Phi) is 4.83. The third kappa shape index (κ3) is 3.93. The maximum absolute atomic E-state index is 11.3. The predicted molar refractivity (Wildman–Crippen MR) is 63.0 cm³/mol. The average molecular weight is 222 g/mol. The first-order valence-electron chi connectivity index (χ1n) is 5.43. The van der Waals surface area contributed by atoms with E-state index in [0.717, 1.165) is 11.5 Å². The van der Waals surface area contributed by atoms with E-state index in [1.165, 1.54) is 0 Å². The Balaban J connectivity index is 2.34. The second-order valence-corrected chi connectivity index (χ2v) is 3.90. The third-order valence-corrected chi connectivity index (χ3v) is 2.32. The Hall–Kier alpha value is -1.51. The number of Topliss-reactive ketones (excluding diaryl/α,β-unsaturated/α-hetero) is 1. The SMILES string of the molecule is COc1ccc(OCCC(=O)C(C)C)cc1. The van der Waals surface area contributed by atoms with Gasteiger partial charge in [-0.1, -0.05) is 13.8 Å². The van der Waals surface area contributed by atoms with Crippen molar-refractivity contribution in [3.8, 4) is 11.5 Å². The normalized spacial score (nSPS) is 10.2. The minimum atomic E-state index is 0.0828. The molecule has 0 N–H and O–H groups in total. The van der Waals surface area contributed by atoms with Crippen molar-refractivity contribution in [2.45, 2.75) is 20.3 Å². The van der Waals surface area contributed by atoms with Crippen molar-refractivity contribution in [1.29, 1.82) is 0 Å². The van der Waals surface area contributed by atoms with E-state index in [4.69, 9.17) is 9.47 Å². The number of carbonyl (C=O) groups excluding carboxylic acids is 1. The molecule has 0 aromatic heterocycles. The zero-order valence-electron chi connectivity index (χ0n) is 10.0. The van der Waals surface area contributed by atoms with Crippen LogP contribution in [0.5, 0.6) is 11.5 Å². The van der Waals surface area contributed by atoms with Gasteiger partial charge in [-0.05, 0) is 24.3 Å². The number of methoxy groups -OCH3 is 1. The van der Waals surface area contributed by atoms with Crippen molar-refractivity contribution in [3.63, 3.8) is 0 Å². The number of hydrogen-bond donors (Lipinski definition) is 0. The molecule has 1 aromatic carbocycles. The Morgan fingerprint density at radius 2 is 1.75 bits per heavy atom. The molecule has 0 amide bonds. The first kappa shape index (κ1) is 12.6. The molecule has 88 valence electrons. The van der Waals surface area contributed by atoms with Crippen LogP contribution in [0, 0.1) is 5.92 Å². The first-order valence-corrected chi connectivity index (χ1v) is 5.43. The summed E-state index contributed by atoms with van der Waals surface area (Å²) in [5, 5.41) is 0. The van der Waals surface area contributed by atoms with Crippen LogP contribution in [0.4, 0.5) is 0 Å². The van der Waals surface area contributed by atoms with Crippen LogP contribution in [0.25, 0.3) is 0 Å². The summed E-state index contributed by atoms with van der Waals surface area (Å²) in [5.41, 5.74) is 0. The van der Waals surface area contributed by atoms with Gasteiger partial charge in [0.1, 0.15) is 17.3 Å². The van der Waals surface area contributed by atoms with Crippen molar-refractivity contribution in [1.82, 2.24) is 0 Å². The Morgan fingerprint density at radius 1 is 1.19 bits per heavy atom. The molecule has 3 heteroatoms. The van der Waals surface area contributed by atoms with Gasteiger partial charge in [0.2, 0.25) is 0 Å². The van der Waals surface area contributed by atoms with Crippen LogP contribution < -0.4 is 9.47 Å². The number of rotatable bonds is 6. The van der Waals surface area contributed by atoms with E-state index in [1.54, 1.807) is 7.11 Å². The molecule has 1 aromatic rings. The van der Waals surface area contributed by atoms with E-state index >= 15 is 0 Å². The molecular formula is C13H18O3. The zero-order valence-corrected chi connectivity index (χ0v) is 10.0. The van der Waals surface area contributed by atoms with Gasteiger partial charge in [-0.25, -0.2) is 0 Å². The van der Waals surface area contributed by atoms with Crippen LogP contribution >= 0.6 is 0 Å². The minimum Gasteiger partial charge on any atom is -0.497 e. The second-order valence-electron chi connectivity index (χ2n) is 3.90. The van der Waals surface area contributed by atoms with Crippen LogP contribution in [-0.4, -0.2) is 19.5 Å². The van der Waals surface area contributed by atoms with Gasteiger partial charge in [-0.3, -0.25) is 4.79 Å². The van der Waals surface area contributed by atoms with Crippen LogP contribution in [0.2, 0.25) is 0 Å². The maximum atomic E-state index is 11.3. The van der Waals surface area contributed by atoms with Gasteiger partial charge in [0.05, 0.1) is 13.7 Å². The number of ether oxygens (including phenoxy) is 2. The molecule has 0 heterocycles. The van der Waals surface area contributed by atoms with Crippen LogP contribution in [0.15, 0.2) is 24.3 Å². The highest BCUT2D eigenvalue weighted by atomic mass is 16.5. The Morgan fingerprint density at radius 3 is 2.25 bits per heavy atom. The van der Waals surface area contributed by atoms with Crippen LogP contribution in [0.3, 0.4) is 0 Å². The Bertz CT molecular complexity index is 328. The molecule has 3 nitrogen and oxygen atoms in total. The summed E-state index contributed by atoms with van der Waals surface area (Å²) in [6.45, 7) is 4.23. The van der Waals surface area contributed by atoms with Crippen molar-refractivity contribution in [2.75, 3.05) is 13.7 Å². The van der Waals surface area contributed by atoms with Gasteiger partial charge in [-0.2, -0.15) is 0 Å². The topological polar surface area (TPSA) is 35.5 Å². The van der Waals surface area contributed by atoms with Crippen molar-refractivity contribution >= 4 is 5.78 Å². The van der Waals surface area contributed by atoms with E-state index in [9.17, 15) is 4.79 Å². The van der Waals surface area contributed by atoms with Crippen LogP contribution in [0.1, 0.15) is 20.3 Å². The fraction of sp³-hybridized carbons (Fsp3) is 0.462. The van der Waals surface area contributed by atoms with E-state index in [1.807, 2.05) is 38.1 Å². The molecule has 0 saturated heterocycles. The van der Waals surface area contributed by atoms with Gasteiger partial charge >= 0.3 is 0 Å². The monoisotopic (exact) mass is 222 g/mol. The van der Waals surface area contributed by atoms with Gasteiger partial charge in [0, 0.05) is 12.3 Å². The summed E-state index contributed by atoms with van der Waals surface area (Å²) in [5.74, 6) is 1.87. The summed E-state index contributed by atoms with van der Waals surface area (Å²) < 4.78 is 10.5. The molecule has 16 heavy (non-hydrogen) atoms. The van der Waals surface area contributed by atoms with Crippen LogP contribution in [-0.2, 0) is 4.79 Å². The van der Waals surface area contributed by atoms with E-state index in [0.29, 0.717) is 13.0 Å². The molecule has 0 radical (unpaired) electrons. The highest BCUT2D eigenvalue weighted by molar-refractivity contribution is 5.80. The van der Waals surface area contributed by atoms with Crippen molar-refractivity contribution < 1.29 is 14.3 Å². The fourth-order valence-corrected chi connectivity index (χ4v) is 1.23. The van der Waals surface area contributed by atoms with E-state index in [2.05, 4.69) is 0 Å². The molecule has 0 fully saturated rings. The van der Waals surface area contributed by atoms with Crippen molar-refractivity contribution in [2.24, 2.45) is 5.92 Å². The summed E-state index contributed by atoms with van der Waals surface area (Å²) in [6, 6.07) is 7.33. The number of hydrogen-bond acceptors (Lipinski definition) is 3. The lowest BCUT2D eigenvalue weighted by atomic mass is 10.1. The highest BCUT2D eigenvalue weighted by Crippen LogP contribution is 2.17.